The molecule has 8 heteroatoms. The Labute approximate surface area is 182 Å². The highest BCUT2D eigenvalue weighted by molar-refractivity contribution is 5.93. The highest BCUT2D eigenvalue weighted by Gasteiger charge is 2.27. The van der Waals surface area contributed by atoms with Crippen LogP contribution < -0.4 is 10.9 Å². The zero-order valence-corrected chi connectivity index (χ0v) is 18.1. The first kappa shape index (κ1) is 20.4. The Bertz CT molecular complexity index is 1010. The summed E-state index contributed by atoms with van der Waals surface area (Å²) in [5.41, 5.74) is 3.66. The maximum Gasteiger partial charge on any atom is 0.273 e. The van der Waals surface area contributed by atoms with Crippen LogP contribution in [0.1, 0.15) is 71.6 Å². The molecule has 1 aliphatic heterocycles. The third-order valence-electron chi connectivity index (χ3n) is 7.04. The topological polar surface area (TPSA) is 93.3 Å². The Hall–Kier alpha value is -2.48. The van der Waals surface area contributed by atoms with E-state index in [1.807, 2.05) is 0 Å². The van der Waals surface area contributed by atoms with Crippen molar-refractivity contribution < 1.29 is 9.32 Å². The number of likely N-dealkylation sites (tertiary alicyclic amines) is 1. The molecule has 31 heavy (non-hydrogen) atoms. The zero-order valence-electron chi connectivity index (χ0n) is 18.1. The number of rotatable bonds is 6. The van der Waals surface area contributed by atoms with E-state index >= 15 is 0 Å². The molecular formula is C23H31N5O3. The van der Waals surface area contributed by atoms with Crippen LogP contribution in [0.5, 0.6) is 0 Å². The molecule has 1 atom stereocenters. The van der Waals surface area contributed by atoms with Crippen molar-refractivity contribution in [1.82, 2.24) is 25.2 Å². The summed E-state index contributed by atoms with van der Waals surface area (Å²) >= 11 is 0. The summed E-state index contributed by atoms with van der Waals surface area (Å²) in [6, 6.07) is 2.03. The minimum Gasteiger partial charge on any atom is -0.360 e. The van der Waals surface area contributed by atoms with E-state index in [-0.39, 0.29) is 17.5 Å². The third kappa shape index (κ3) is 4.31. The lowest BCUT2D eigenvalue weighted by Crippen LogP contribution is -2.48. The average Bonchev–Trinajstić information content (AvgIpc) is 3.43. The number of nitrogens with one attached hydrogen (secondary N) is 1. The Morgan fingerprint density at radius 2 is 2.00 bits per heavy atom. The highest BCUT2D eigenvalue weighted by atomic mass is 16.5. The molecule has 0 bridgehead atoms. The van der Waals surface area contributed by atoms with Crippen molar-refractivity contribution >= 4 is 5.91 Å². The van der Waals surface area contributed by atoms with Gasteiger partial charge in [-0.15, -0.1) is 0 Å². The number of aryl methyl sites for hydroxylation is 3. The molecule has 1 amide bonds. The highest BCUT2D eigenvalue weighted by Crippen LogP contribution is 2.24. The van der Waals surface area contributed by atoms with Gasteiger partial charge in [0.2, 0.25) is 0 Å². The van der Waals surface area contributed by atoms with Crippen molar-refractivity contribution in [3.05, 3.63) is 44.7 Å². The SMILES string of the molecule is O=C(NCC1CCCCN1CCn1nc2c(cc1=O)CCC2)c1noc2c1CCCC2. The zero-order chi connectivity index (χ0) is 21.2. The summed E-state index contributed by atoms with van der Waals surface area (Å²) in [4.78, 5) is 27.6. The molecule has 1 N–H and O–H groups in total. The number of nitrogens with zero attached hydrogens (tertiary/aromatic N) is 4. The molecule has 1 saturated heterocycles. The lowest BCUT2D eigenvalue weighted by molar-refractivity contribution is 0.0899. The van der Waals surface area contributed by atoms with Gasteiger partial charge in [-0.25, -0.2) is 4.68 Å². The van der Waals surface area contributed by atoms with Crippen LogP contribution in [0, 0.1) is 0 Å². The molecule has 0 radical (unpaired) electrons. The van der Waals surface area contributed by atoms with Gasteiger partial charge in [0.05, 0.1) is 12.2 Å². The number of amides is 1. The smallest absolute Gasteiger partial charge is 0.273 e. The molecule has 3 heterocycles. The standard InChI is InChI=1S/C23H31N5O3/c29-21-14-16-6-5-9-19(16)25-28(21)13-12-27-11-4-3-7-17(27)15-24-23(30)22-18-8-1-2-10-20(18)31-26-22/h14,17H,1-13,15H2,(H,24,30). The Morgan fingerprint density at radius 3 is 2.94 bits per heavy atom. The molecule has 166 valence electrons. The van der Waals surface area contributed by atoms with Gasteiger partial charge < -0.3 is 9.84 Å². The van der Waals surface area contributed by atoms with Crippen LogP contribution in [0.3, 0.4) is 0 Å². The quantitative estimate of drug-likeness (QED) is 0.760. The molecule has 2 aliphatic carbocycles. The molecule has 8 nitrogen and oxygen atoms in total. The predicted molar refractivity (Wildman–Crippen MR) is 115 cm³/mol. The van der Waals surface area contributed by atoms with Crippen LogP contribution >= 0.6 is 0 Å². The molecule has 5 rings (SSSR count). The monoisotopic (exact) mass is 425 g/mol. The first-order valence-electron chi connectivity index (χ1n) is 11.8. The van der Waals surface area contributed by atoms with Crippen molar-refractivity contribution in [2.75, 3.05) is 19.6 Å². The lowest BCUT2D eigenvalue weighted by Gasteiger charge is -2.35. The number of hydrogen-bond donors (Lipinski definition) is 1. The number of aromatic nitrogens is 3. The fourth-order valence-corrected chi connectivity index (χ4v) is 5.27. The predicted octanol–water partition coefficient (Wildman–Crippen LogP) is 1.88. The van der Waals surface area contributed by atoms with Gasteiger partial charge in [0, 0.05) is 37.2 Å². The van der Waals surface area contributed by atoms with Gasteiger partial charge in [-0.05, 0) is 63.5 Å². The van der Waals surface area contributed by atoms with Crippen molar-refractivity contribution in [2.45, 2.75) is 76.8 Å². The summed E-state index contributed by atoms with van der Waals surface area (Å²) in [5.74, 6) is 0.747. The van der Waals surface area contributed by atoms with E-state index in [1.54, 1.807) is 10.7 Å². The van der Waals surface area contributed by atoms with Crippen LogP contribution in [-0.2, 0) is 32.2 Å². The van der Waals surface area contributed by atoms with Crippen LogP contribution in [0.4, 0.5) is 0 Å². The Morgan fingerprint density at radius 1 is 1.10 bits per heavy atom. The number of carbonyl (C=O) groups is 1. The van der Waals surface area contributed by atoms with Gasteiger partial charge in [-0.1, -0.05) is 11.6 Å². The number of fused-ring (bicyclic) bond motifs is 2. The van der Waals surface area contributed by atoms with E-state index in [4.69, 9.17) is 4.52 Å². The maximum absolute atomic E-state index is 12.8. The van der Waals surface area contributed by atoms with Gasteiger partial charge in [0.1, 0.15) is 5.76 Å². The largest absolute Gasteiger partial charge is 0.360 e. The second-order valence-electron chi connectivity index (χ2n) is 9.07. The number of carbonyl (C=O) groups excluding carboxylic acids is 1. The Balaban J connectivity index is 1.20. The average molecular weight is 426 g/mol. The van der Waals surface area contributed by atoms with Gasteiger partial charge in [0.15, 0.2) is 5.69 Å². The van der Waals surface area contributed by atoms with Crippen LogP contribution in [0.25, 0.3) is 0 Å². The second-order valence-corrected chi connectivity index (χ2v) is 9.07. The van der Waals surface area contributed by atoms with Crippen molar-refractivity contribution in [3.8, 4) is 0 Å². The first-order valence-corrected chi connectivity index (χ1v) is 11.8. The van der Waals surface area contributed by atoms with E-state index in [9.17, 15) is 9.59 Å². The van der Waals surface area contributed by atoms with Gasteiger partial charge in [-0.2, -0.15) is 5.10 Å². The fraction of sp³-hybridized carbons (Fsp3) is 0.652. The van der Waals surface area contributed by atoms with E-state index in [0.717, 1.165) is 99.9 Å². The van der Waals surface area contributed by atoms with Gasteiger partial charge in [-0.3, -0.25) is 14.5 Å². The molecule has 0 spiro atoms. The van der Waals surface area contributed by atoms with Crippen LogP contribution in [-0.4, -0.2) is 51.4 Å². The Kier molecular flexibility index (Phi) is 5.89. The van der Waals surface area contributed by atoms with Gasteiger partial charge in [0.25, 0.3) is 11.5 Å². The number of hydrogen-bond acceptors (Lipinski definition) is 6. The van der Waals surface area contributed by atoms with E-state index in [2.05, 4.69) is 20.5 Å². The normalized spacial score (nSPS) is 21.0. The van der Waals surface area contributed by atoms with Crippen molar-refractivity contribution in [1.29, 1.82) is 0 Å². The van der Waals surface area contributed by atoms with Crippen LogP contribution in [0.15, 0.2) is 15.4 Å². The summed E-state index contributed by atoms with van der Waals surface area (Å²) in [5, 5.41) is 11.7. The molecular weight excluding hydrogens is 394 g/mol. The number of piperidine rings is 1. The minimum atomic E-state index is -0.131. The molecule has 1 fully saturated rings. The molecule has 2 aromatic rings. The summed E-state index contributed by atoms with van der Waals surface area (Å²) < 4.78 is 7.01. The van der Waals surface area contributed by atoms with Crippen LogP contribution in [0.2, 0.25) is 0 Å². The molecule has 2 aromatic heterocycles. The van der Waals surface area contributed by atoms with E-state index in [1.165, 1.54) is 0 Å². The van der Waals surface area contributed by atoms with Crippen molar-refractivity contribution in [3.63, 3.8) is 0 Å². The van der Waals surface area contributed by atoms with Crippen molar-refractivity contribution in [2.24, 2.45) is 0 Å². The van der Waals surface area contributed by atoms with Gasteiger partial charge >= 0.3 is 0 Å². The van der Waals surface area contributed by atoms with E-state index < -0.39 is 0 Å². The maximum atomic E-state index is 12.8. The van der Waals surface area contributed by atoms with E-state index in [0.29, 0.717) is 18.8 Å². The summed E-state index contributed by atoms with van der Waals surface area (Å²) in [6.45, 7) is 2.94. The summed E-state index contributed by atoms with van der Waals surface area (Å²) in [7, 11) is 0. The molecule has 1 unspecified atom stereocenters. The second kappa shape index (κ2) is 8.94. The first-order chi connectivity index (χ1) is 15.2. The molecule has 3 aliphatic rings. The molecule has 0 aromatic carbocycles. The fourth-order valence-electron chi connectivity index (χ4n) is 5.27. The minimum absolute atomic E-state index is 0.00156. The summed E-state index contributed by atoms with van der Waals surface area (Å²) in [6.07, 6.45) is 10.3. The lowest BCUT2D eigenvalue weighted by atomic mass is 9.96. The third-order valence-corrected chi connectivity index (χ3v) is 7.04. The molecule has 0 saturated carbocycles.